The molecule has 0 aliphatic heterocycles. The minimum Gasteiger partial charge on any atom is -0.493 e. The third kappa shape index (κ3) is 4.53. The molecule has 0 aliphatic carbocycles. The van der Waals surface area contributed by atoms with Crippen molar-refractivity contribution in [3.63, 3.8) is 0 Å². The van der Waals surface area contributed by atoms with Crippen LogP contribution in [0.15, 0.2) is 18.2 Å². The summed E-state index contributed by atoms with van der Waals surface area (Å²) in [6.07, 6.45) is 2.07. The highest BCUT2D eigenvalue weighted by atomic mass is 35.5. The second-order valence-corrected chi connectivity index (χ2v) is 4.83. The van der Waals surface area contributed by atoms with Gasteiger partial charge in [-0.2, -0.15) is 0 Å². The van der Waals surface area contributed by atoms with Crippen molar-refractivity contribution in [2.75, 3.05) is 6.61 Å². The van der Waals surface area contributed by atoms with Gasteiger partial charge in [-0.25, -0.2) is 0 Å². The van der Waals surface area contributed by atoms with Crippen LogP contribution in [0.3, 0.4) is 0 Å². The van der Waals surface area contributed by atoms with Crippen molar-refractivity contribution in [3.8, 4) is 5.75 Å². The number of hydrogen-bond acceptors (Lipinski definition) is 3. The first kappa shape index (κ1) is 14.8. The SMILES string of the molecule is CC(C)CCCOc1ccc([N+](=O)[O-])cc1CCl. The van der Waals surface area contributed by atoms with Crippen LogP contribution in [0.25, 0.3) is 0 Å². The maximum atomic E-state index is 10.6. The van der Waals surface area contributed by atoms with Crippen LogP contribution < -0.4 is 4.74 Å². The number of benzene rings is 1. The van der Waals surface area contributed by atoms with Crippen molar-refractivity contribution in [1.29, 1.82) is 0 Å². The molecule has 0 aliphatic rings. The largest absolute Gasteiger partial charge is 0.493 e. The summed E-state index contributed by atoms with van der Waals surface area (Å²) in [5.41, 5.74) is 0.704. The lowest BCUT2D eigenvalue weighted by molar-refractivity contribution is -0.384. The molecule has 1 aromatic rings. The van der Waals surface area contributed by atoms with Gasteiger partial charge in [0.25, 0.3) is 5.69 Å². The van der Waals surface area contributed by atoms with E-state index < -0.39 is 4.92 Å². The lowest BCUT2D eigenvalue weighted by Gasteiger charge is -2.10. The normalized spacial score (nSPS) is 10.7. The summed E-state index contributed by atoms with van der Waals surface area (Å²) in [5, 5.41) is 10.6. The van der Waals surface area contributed by atoms with Gasteiger partial charge in [0.05, 0.1) is 17.4 Å². The van der Waals surface area contributed by atoms with Crippen molar-refractivity contribution in [2.24, 2.45) is 5.92 Å². The first-order valence-electron chi connectivity index (χ1n) is 6.00. The van der Waals surface area contributed by atoms with Crippen LogP contribution >= 0.6 is 11.6 Å². The first-order chi connectivity index (χ1) is 8.54. The van der Waals surface area contributed by atoms with Gasteiger partial charge in [0.1, 0.15) is 5.75 Å². The zero-order valence-corrected chi connectivity index (χ0v) is 11.4. The van der Waals surface area contributed by atoms with Crippen molar-refractivity contribution >= 4 is 17.3 Å². The molecule has 0 fully saturated rings. The van der Waals surface area contributed by atoms with Crippen LogP contribution in [0.4, 0.5) is 5.69 Å². The minimum absolute atomic E-state index is 0.0418. The first-order valence-corrected chi connectivity index (χ1v) is 6.54. The van der Waals surface area contributed by atoms with E-state index in [2.05, 4.69) is 13.8 Å². The summed E-state index contributed by atoms with van der Waals surface area (Å²) >= 11 is 5.77. The Kier molecular flexibility index (Phi) is 5.92. The van der Waals surface area contributed by atoms with Gasteiger partial charge >= 0.3 is 0 Å². The zero-order chi connectivity index (χ0) is 13.5. The van der Waals surface area contributed by atoms with Gasteiger partial charge in [0, 0.05) is 17.7 Å². The maximum absolute atomic E-state index is 10.6. The lowest BCUT2D eigenvalue weighted by Crippen LogP contribution is -2.02. The molecule has 0 heterocycles. The van der Waals surface area contributed by atoms with Crippen molar-refractivity contribution in [2.45, 2.75) is 32.6 Å². The highest BCUT2D eigenvalue weighted by Gasteiger charge is 2.11. The van der Waals surface area contributed by atoms with Gasteiger partial charge in [-0.15, -0.1) is 11.6 Å². The Labute approximate surface area is 112 Å². The molecular formula is C13H18ClNO3. The smallest absolute Gasteiger partial charge is 0.270 e. The summed E-state index contributed by atoms with van der Waals surface area (Å²) in [5.74, 6) is 1.50. The van der Waals surface area contributed by atoms with Crippen molar-refractivity contribution in [1.82, 2.24) is 0 Å². The second kappa shape index (κ2) is 7.21. The number of non-ortho nitro benzene ring substituents is 1. The van der Waals surface area contributed by atoms with E-state index in [0.29, 0.717) is 23.8 Å². The Bertz CT molecular complexity index is 407. The molecule has 5 heteroatoms. The third-order valence-corrected chi connectivity index (χ3v) is 2.87. The molecule has 0 bridgehead atoms. The monoisotopic (exact) mass is 271 g/mol. The predicted molar refractivity (Wildman–Crippen MR) is 72.2 cm³/mol. The zero-order valence-electron chi connectivity index (χ0n) is 10.7. The Morgan fingerprint density at radius 3 is 2.72 bits per heavy atom. The van der Waals surface area contributed by atoms with Gasteiger partial charge in [0.15, 0.2) is 0 Å². The second-order valence-electron chi connectivity index (χ2n) is 4.57. The third-order valence-electron chi connectivity index (χ3n) is 2.58. The highest BCUT2D eigenvalue weighted by Crippen LogP contribution is 2.25. The van der Waals surface area contributed by atoms with Crippen LogP contribution in [0.2, 0.25) is 0 Å². The van der Waals surface area contributed by atoms with Crippen LogP contribution in [0, 0.1) is 16.0 Å². The Morgan fingerprint density at radius 1 is 1.44 bits per heavy atom. The molecule has 0 atom stereocenters. The van der Waals surface area contributed by atoms with E-state index in [-0.39, 0.29) is 11.6 Å². The molecule has 0 aromatic heterocycles. The van der Waals surface area contributed by atoms with Crippen LogP contribution in [0.1, 0.15) is 32.3 Å². The highest BCUT2D eigenvalue weighted by molar-refractivity contribution is 6.17. The van der Waals surface area contributed by atoms with E-state index in [4.69, 9.17) is 16.3 Å². The number of nitrogens with zero attached hydrogens (tertiary/aromatic N) is 1. The summed E-state index contributed by atoms with van der Waals surface area (Å²) in [4.78, 5) is 10.2. The van der Waals surface area contributed by atoms with Crippen LogP contribution in [-0.2, 0) is 5.88 Å². The molecule has 0 saturated heterocycles. The molecule has 1 rings (SSSR count). The van der Waals surface area contributed by atoms with Gasteiger partial charge in [-0.3, -0.25) is 10.1 Å². The summed E-state index contributed by atoms with van der Waals surface area (Å²) < 4.78 is 5.61. The van der Waals surface area contributed by atoms with Crippen molar-refractivity contribution in [3.05, 3.63) is 33.9 Å². The van der Waals surface area contributed by atoms with E-state index in [1.165, 1.54) is 12.1 Å². The Hall–Kier alpha value is -1.29. The van der Waals surface area contributed by atoms with Crippen molar-refractivity contribution < 1.29 is 9.66 Å². The molecule has 0 radical (unpaired) electrons. The number of halogens is 1. The molecular weight excluding hydrogens is 254 g/mol. The average Bonchev–Trinajstić information content (AvgIpc) is 2.34. The number of nitro benzene ring substituents is 1. The number of alkyl halides is 1. The van der Waals surface area contributed by atoms with Gasteiger partial charge in [-0.05, 0) is 24.8 Å². The standard InChI is InChI=1S/C13H18ClNO3/c1-10(2)4-3-7-18-13-6-5-12(15(16)17)8-11(13)9-14/h5-6,8,10H,3-4,7,9H2,1-2H3. The molecule has 0 unspecified atom stereocenters. The predicted octanol–water partition coefficient (Wildman–Crippen LogP) is 4.15. The fourth-order valence-electron chi connectivity index (χ4n) is 1.60. The molecule has 0 N–H and O–H groups in total. The fraction of sp³-hybridized carbons (Fsp3) is 0.538. The van der Waals surface area contributed by atoms with Gasteiger partial charge in [-0.1, -0.05) is 13.8 Å². The molecule has 0 spiro atoms. The number of ether oxygens (including phenoxy) is 1. The molecule has 0 saturated carbocycles. The summed E-state index contributed by atoms with van der Waals surface area (Å²) in [6.45, 7) is 4.94. The van der Waals surface area contributed by atoms with Crippen LogP contribution in [0.5, 0.6) is 5.75 Å². The summed E-state index contributed by atoms with van der Waals surface area (Å²) in [6, 6.07) is 4.52. The van der Waals surface area contributed by atoms with Gasteiger partial charge in [0.2, 0.25) is 0 Å². The Morgan fingerprint density at radius 2 is 2.17 bits per heavy atom. The van der Waals surface area contributed by atoms with Crippen LogP contribution in [-0.4, -0.2) is 11.5 Å². The molecule has 18 heavy (non-hydrogen) atoms. The molecule has 4 nitrogen and oxygen atoms in total. The van der Waals surface area contributed by atoms with E-state index >= 15 is 0 Å². The molecule has 0 amide bonds. The van der Waals surface area contributed by atoms with E-state index in [1.807, 2.05) is 0 Å². The van der Waals surface area contributed by atoms with Gasteiger partial charge < -0.3 is 4.74 Å². The average molecular weight is 272 g/mol. The fourth-order valence-corrected chi connectivity index (χ4v) is 1.81. The Balaban J connectivity index is 2.62. The minimum atomic E-state index is -0.432. The van der Waals surface area contributed by atoms with E-state index in [0.717, 1.165) is 12.8 Å². The lowest BCUT2D eigenvalue weighted by atomic mass is 10.1. The topological polar surface area (TPSA) is 52.4 Å². The number of nitro groups is 1. The van der Waals surface area contributed by atoms with E-state index in [9.17, 15) is 10.1 Å². The maximum Gasteiger partial charge on any atom is 0.270 e. The molecule has 100 valence electrons. The van der Waals surface area contributed by atoms with E-state index in [1.54, 1.807) is 6.07 Å². The number of rotatable bonds is 7. The quantitative estimate of drug-likeness (QED) is 0.324. The summed E-state index contributed by atoms with van der Waals surface area (Å²) in [7, 11) is 0. The molecule has 1 aromatic carbocycles. The number of hydrogen-bond donors (Lipinski definition) is 0.